The number of rotatable bonds is 3. The molecule has 0 radical (unpaired) electrons. The first-order valence-electron chi connectivity index (χ1n) is 6.59. The number of hydrogen-bond donors (Lipinski definition) is 1. The van der Waals surface area contributed by atoms with Crippen molar-refractivity contribution in [2.24, 2.45) is 11.7 Å². The molecule has 1 aliphatic heterocycles. The lowest BCUT2D eigenvalue weighted by molar-refractivity contribution is -0.127. The molecule has 2 amide bonds. The molecule has 0 aliphatic carbocycles. The van der Waals surface area contributed by atoms with E-state index in [1.54, 1.807) is 0 Å². The maximum Gasteiger partial charge on any atom is 0.260 e. The summed E-state index contributed by atoms with van der Waals surface area (Å²) in [5.74, 6) is 0.118. The summed E-state index contributed by atoms with van der Waals surface area (Å²) >= 11 is 0. The van der Waals surface area contributed by atoms with Gasteiger partial charge in [0, 0.05) is 18.7 Å². The number of hydrogen-bond acceptors (Lipinski definition) is 3. The van der Waals surface area contributed by atoms with E-state index < -0.39 is 0 Å². The number of nitrogens with zero attached hydrogens (tertiary/aromatic N) is 1. The first kappa shape index (κ1) is 13.7. The summed E-state index contributed by atoms with van der Waals surface area (Å²) in [5, 5.41) is 0. The van der Waals surface area contributed by atoms with Crippen LogP contribution in [0, 0.1) is 5.92 Å². The predicted octanol–water partition coefficient (Wildman–Crippen LogP) is 1.89. The van der Waals surface area contributed by atoms with Crippen molar-refractivity contribution in [3.05, 3.63) is 34.9 Å². The zero-order valence-electron chi connectivity index (χ0n) is 11.6. The van der Waals surface area contributed by atoms with Crippen LogP contribution >= 0.6 is 0 Å². The first-order chi connectivity index (χ1) is 8.90. The second kappa shape index (κ2) is 5.13. The van der Waals surface area contributed by atoms with E-state index in [9.17, 15) is 9.59 Å². The van der Waals surface area contributed by atoms with E-state index >= 15 is 0 Å². The fourth-order valence-electron chi connectivity index (χ4n) is 2.40. The number of nitrogens with two attached hydrogens (primary N) is 1. The normalized spacial score (nSPS) is 16.8. The largest absolute Gasteiger partial charge is 0.324 e. The highest BCUT2D eigenvalue weighted by Gasteiger charge is 2.28. The number of likely N-dealkylation sites (N-methyl/N-ethyl adjacent to an activating group) is 1. The topological polar surface area (TPSA) is 63.4 Å². The van der Waals surface area contributed by atoms with Crippen molar-refractivity contribution in [3.8, 4) is 0 Å². The van der Waals surface area contributed by atoms with Gasteiger partial charge in [0.1, 0.15) is 0 Å². The number of amides is 2. The van der Waals surface area contributed by atoms with Crippen LogP contribution in [-0.4, -0.2) is 23.8 Å². The maximum absolute atomic E-state index is 12.1. The summed E-state index contributed by atoms with van der Waals surface area (Å²) in [7, 11) is 1.52. The first-order valence-corrected chi connectivity index (χ1v) is 6.59. The van der Waals surface area contributed by atoms with Gasteiger partial charge in [0.2, 0.25) is 5.91 Å². The lowest BCUT2D eigenvalue weighted by atomic mass is 9.91. The van der Waals surface area contributed by atoms with Gasteiger partial charge >= 0.3 is 0 Å². The van der Waals surface area contributed by atoms with E-state index in [-0.39, 0.29) is 24.3 Å². The van der Waals surface area contributed by atoms with Gasteiger partial charge in [-0.1, -0.05) is 26.0 Å². The van der Waals surface area contributed by atoms with Gasteiger partial charge < -0.3 is 5.73 Å². The molecule has 2 N–H and O–H groups in total. The number of carbonyl (C=O) groups excluding carboxylic acids is 2. The van der Waals surface area contributed by atoms with Crippen molar-refractivity contribution in [1.82, 2.24) is 4.90 Å². The average Bonchev–Trinajstić information content (AvgIpc) is 2.35. The summed E-state index contributed by atoms with van der Waals surface area (Å²) in [4.78, 5) is 24.9. The quantitative estimate of drug-likeness (QED) is 0.844. The molecule has 0 saturated heterocycles. The fraction of sp³-hybridized carbons (Fsp3) is 0.467. The summed E-state index contributed by atoms with van der Waals surface area (Å²) in [6, 6.07) is 5.56. The third-order valence-electron chi connectivity index (χ3n) is 3.54. The number of carbonyl (C=O) groups is 2. The molecule has 1 aliphatic rings. The molecule has 0 saturated carbocycles. The standard InChI is InChI=1S/C15H20N2O2/c1-9(2)6-13(16)11-5-4-10-8-14(18)17(3)15(19)12(10)7-11/h4-5,7,9,13H,6,8,16H2,1-3H3. The van der Waals surface area contributed by atoms with Crippen molar-refractivity contribution in [2.75, 3.05) is 7.05 Å². The van der Waals surface area contributed by atoms with Gasteiger partial charge in [-0.05, 0) is 29.5 Å². The number of fused-ring (bicyclic) bond motifs is 1. The Bertz CT molecular complexity index is 523. The zero-order chi connectivity index (χ0) is 14.2. The molecule has 4 heteroatoms. The van der Waals surface area contributed by atoms with Crippen LogP contribution in [0.3, 0.4) is 0 Å². The van der Waals surface area contributed by atoms with Crippen LogP contribution in [0.5, 0.6) is 0 Å². The minimum atomic E-state index is -0.232. The number of imide groups is 1. The second-order valence-corrected chi connectivity index (χ2v) is 5.59. The van der Waals surface area contributed by atoms with Crippen LogP contribution in [0.25, 0.3) is 0 Å². The van der Waals surface area contributed by atoms with Crippen molar-refractivity contribution in [2.45, 2.75) is 32.7 Å². The van der Waals surface area contributed by atoms with Gasteiger partial charge in [-0.15, -0.1) is 0 Å². The fourth-order valence-corrected chi connectivity index (χ4v) is 2.40. The molecule has 1 heterocycles. The average molecular weight is 260 g/mol. The zero-order valence-corrected chi connectivity index (χ0v) is 11.6. The summed E-state index contributed by atoms with van der Waals surface area (Å²) in [5.41, 5.74) is 8.52. The molecule has 2 rings (SSSR count). The van der Waals surface area contributed by atoms with Crippen LogP contribution in [-0.2, 0) is 11.2 Å². The van der Waals surface area contributed by atoms with Crippen molar-refractivity contribution in [3.63, 3.8) is 0 Å². The molecule has 0 spiro atoms. The Morgan fingerprint density at radius 2 is 2.00 bits per heavy atom. The van der Waals surface area contributed by atoms with Gasteiger partial charge in [0.25, 0.3) is 5.91 Å². The molecule has 1 atom stereocenters. The summed E-state index contributed by atoms with van der Waals surface area (Å²) < 4.78 is 0. The number of benzene rings is 1. The van der Waals surface area contributed by atoms with Crippen molar-refractivity contribution >= 4 is 11.8 Å². The summed E-state index contributed by atoms with van der Waals surface area (Å²) in [6.45, 7) is 4.24. The highest BCUT2D eigenvalue weighted by atomic mass is 16.2. The molecule has 1 unspecified atom stereocenters. The lowest BCUT2D eigenvalue weighted by Gasteiger charge is -2.24. The van der Waals surface area contributed by atoms with Crippen LogP contribution in [0.15, 0.2) is 18.2 Å². The molecular formula is C15H20N2O2. The van der Waals surface area contributed by atoms with Gasteiger partial charge in [-0.25, -0.2) is 0 Å². The van der Waals surface area contributed by atoms with E-state index in [4.69, 9.17) is 5.73 Å². The Morgan fingerprint density at radius 3 is 2.63 bits per heavy atom. The molecule has 1 aromatic carbocycles. The molecule has 0 aromatic heterocycles. The third-order valence-corrected chi connectivity index (χ3v) is 3.54. The molecule has 1 aromatic rings. The Balaban J connectivity index is 2.33. The van der Waals surface area contributed by atoms with E-state index in [0.717, 1.165) is 17.5 Å². The second-order valence-electron chi connectivity index (χ2n) is 5.59. The summed E-state index contributed by atoms with van der Waals surface area (Å²) in [6.07, 6.45) is 1.17. The van der Waals surface area contributed by atoms with E-state index in [0.29, 0.717) is 11.5 Å². The molecule has 0 fully saturated rings. The highest BCUT2D eigenvalue weighted by molar-refractivity contribution is 6.09. The lowest BCUT2D eigenvalue weighted by Crippen LogP contribution is -2.39. The Labute approximate surface area is 113 Å². The third kappa shape index (κ3) is 2.68. The van der Waals surface area contributed by atoms with E-state index in [1.807, 2.05) is 18.2 Å². The van der Waals surface area contributed by atoms with Crippen molar-refractivity contribution < 1.29 is 9.59 Å². The molecule has 4 nitrogen and oxygen atoms in total. The highest BCUT2D eigenvalue weighted by Crippen LogP contribution is 2.25. The van der Waals surface area contributed by atoms with Crippen LogP contribution in [0.2, 0.25) is 0 Å². The van der Waals surface area contributed by atoms with Gasteiger partial charge in [0.15, 0.2) is 0 Å². The maximum atomic E-state index is 12.1. The van der Waals surface area contributed by atoms with Gasteiger partial charge in [-0.3, -0.25) is 14.5 Å². The molecular weight excluding hydrogens is 240 g/mol. The van der Waals surface area contributed by atoms with Crippen LogP contribution in [0.4, 0.5) is 0 Å². The Kier molecular flexibility index (Phi) is 3.71. The van der Waals surface area contributed by atoms with Gasteiger partial charge in [-0.2, -0.15) is 0 Å². The van der Waals surface area contributed by atoms with E-state index in [1.165, 1.54) is 11.9 Å². The molecule has 102 valence electrons. The molecule has 0 bridgehead atoms. The van der Waals surface area contributed by atoms with Gasteiger partial charge in [0.05, 0.1) is 6.42 Å². The minimum absolute atomic E-state index is 0.0685. The van der Waals surface area contributed by atoms with E-state index in [2.05, 4.69) is 13.8 Å². The smallest absolute Gasteiger partial charge is 0.260 e. The molecule has 19 heavy (non-hydrogen) atoms. The Morgan fingerprint density at radius 1 is 1.32 bits per heavy atom. The van der Waals surface area contributed by atoms with Crippen molar-refractivity contribution in [1.29, 1.82) is 0 Å². The minimum Gasteiger partial charge on any atom is -0.324 e. The van der Waals surface area contributed by atoms with Crippen LogP contribution < -0.4 is 5.73 Å². The predicted molar refractivity (Wildman–Crippen MR) is 73.6 cm³/mol. The Hall–Kier alpha value is -1.68. The SMILES string of the molecule is CC(C)CC(N)c1ccc2c(c1)C(=O)N(C)C(=O)C2. The van der Waals surface area contributed by atoms with Crippen LogP contribution in [0.1, 0.15) is 47.8 Å². The monoisotopic (exact) mass is 260 g/mol.